The number of carbonyl (C=O) groups excluding carboxylic acids is 1. The summed E-state index contributed by atoms with van der Waals surface area (Å²) in [6.07, 6.45) is 1.72. The van der Waals surface area contributed by atoms with Gasteiger partial charge in [-0.05, 0) is 31.5 Å². The van der Waals surface area contributed by atoms with Crippen LogP contribution in [0.2, 0.25) is 0 Å². The van der Waals surface area contributed by atoms with E-state index in [0.29, 0.717) is 23.6 Å². The third-order valence-corrected chi connectivity index (χ3v) is 3.44. The van der Waals surface area contributed by atoms with E-state index in [1.54, 1.807) is 20.0 Å². The number of anilines is 1. The van der Waals surface area contributed by atoms with Crippen molar-refractivity contribution in [2.45, 2.75) is 26.8 Å². The van der Waals surface area contributed by atoms with E-state index in [9.17, 15) is 9.59 Å². The number of aromatic nitrogens is 3. The molecule has 0 atom stereocenters. The van der Waals surface area contributed by atoms with Gasteiger partial charge in [0.15, 0.2) is 0 Å². The number of amides is 1. The highest BCUT2D eigenvalue weighted by atomic mass is 16.2. The molecule has 1 amide bonds. The first-order chi connectivity index (χ1) is 10.9. The van der Waals surface area contributed by atoms with E-state index in [4.69, 9.17) is 0 Å². The Balaban J connectivity index is 2.01. The van der Waals surface area contributed by atoms with Gasteiger partial charge in [0.05, 0.1) is 6.42 Å². The molecule has 2 aromatic heterocycles. The largest absolute Gasteiger partial charge is 0.363 e. The smallest absolute Gasteiger partial charge is 0.254 e. The van der Waals surface area contributed by atoms with Crippen molar-refractivity contribution in [2.75, 3.05) is 19.0 Å². The number of hydrogen-bond donors (Lipinski definition) is 2. The molecule has 0 saturated carbocycles. The van der Waals surface area contributed by atoms with Crippen LogP contribution in [0.3, 0.4) is 0 Å². The number of nitrogens with zero attached hydrogens (tertiary/aromatic N) is 3. The predicted molar refractivity (Wildman–Crippen MR) is 88.4 cm³/mol. The quantitative estimate of drug-likeness (QED) is 0.848. The van der Waals surface area contributed by atoms with Gasteiger partial charge in [-0.15, -0.1) is 0 Å². The van der Waals surface area contributed by atoms with Gasteiger partial charge >= 0.3 is 0 Å². The van der Waals surface area contributed by atoms with Gasteiger partial charge in [0, 0.05) is 38.1 Å². The molecule has 2 aromatic rings. The van der Waals surface area contributed by atoms with Crippen molar-refractivity contribution >= 4 is 11.7 Å². The van der Waals surface area contributed by atoms with Crippen LogP contribution in [0.25, 0.3) is 0 Å². The predicted octanol–water partition coefficient (Wildman–Crippen LogP) is 0.707. The summed E-state index contributed by atoms with van der Waals surface area (Å²) in [6.45, 7) is 3.83. The van der Waals surface area contributed by atoms with Gasteiger partial charge in [-0.2, -0.15) is 0 Å². The fourth-order valence-corrected chi connectivity index (χ4v) is 2.20. The second kappa shape index (κ2) is 7.04. The second-order valence-electron chi connectivity index (χ2n) is 5.59. The number of H-pyrrole nitrogens is 1. The van der Waals surface area contributed by atoms with E-state index in [1.807, 2.05) is 31.1 Å². The van der Waals surface area contributed by atoms with Gasteiger partial charge < -0.3 is 15.2 Å². The standard InChI is InChI=1S/C16H21N5O2/c1-10-13(16(23)20-11(2)19-10)8-15(22)18-9-12-5-6-17-14(7-12)21(3)4/h5-7H,8-9H2,1-4H3,(H,18,22)(H,19,20,23). The fourth-order valence-electron chi connectivity index (χ4n) is 2.20. The van der Waals surface area contributed by atoms with E-state index in [-0.39, 0.29) is 17.9 Å². The molecule has 0 aliphatic heterocycles. The summed E-state index contributed by atoms with van der Waals surface area (Å²) in [6, 6.07) is 3.75. The summed E-state index contributed by atoms with van der Waals surface area (Å²) in [5.74, 6) is 1.16. The van der Waals surface area contributed by atoms with Crippen LogP contribution in [0.5, 0.6) is 0 Å². The minimum absolute atomic E-state index is 0.0140. The molecule has 0 fully saturated rings. The first-order valence-corrected chi connectivity index (χ1v) is 7.32. The van der Waals surface area contributed by atoms with Crippen LogP contribution in [-0.2, 0) is 17.8 Å². The minimum atomic E-state index is -0.260. The summed E-state index contributed by atoms with van der Waals surface area (Å²) in [4.78, 5) is 36.9. The lowest BCUT2D eigenvalue weighted by Gasteiger charge is -2.12. The molecule has 0 saturated heterocycles. The molecule has 7 heteroatoms. The lowest BCUT2D eigenvalue weighted by atomic mass is 10.1. The van der Waals surface area contributed by atoms with Gasteiger partial charge in [-0.1, -0.05) is 0 Å². The van der Waals surface area contributed by atoms with E-state index in [2.05, 4.69) is 20.3 Å². The van der Waals surface area contributed by atoms with Crippen LogP contribution in [0.15, 0.2) is 23.1 Å². The molecule has 0 bridgehead atoms. The Labute approximate surface area is 134 Å². The molecule has 0 aromatic carbocycles. The van der Waals surface area contributed by atoms with E-state index >= 15 is 0 Å². The average Bonchev–Trinajstić information content (AvgIpc) is 2.49. The summed E-state index contributed by atoms with van der Waals surface area (Å²) < 4.78 is 0. The minimum Gasteiger partial charge on any atom is -0.363 e. The number of aromatic amines is 1. The van der Waals surface area contributed by atoms with Gasteiger partial charge in [0.1, 0.15) is 11.6 Å². The molecule has 2 heterocycles. The maximum atomic E-state index is 12.1. The zero-order valence-corrected chi connectivity index (χ0v) is 13.8. The molecule has 2 N–H and O–H groups in total. The maximum Gasteiger partial charge on any atom is 0.254 e. The van der Waals surface area contributed by atoms with Crippen LogP contribution < -0.4 is 15.8 Å². The fraction of sp³-hybridized carbons (Fsp3) is 0.375. The average molecular weight is 315 g/mol. The first-order valence-electron chi connectivity index (χ1n) is 7.32. The van der Waals surface area contributed by atoms with Gasteiger partial charge in [-0.25, -0.2) is 9.97 Å². The number of rotatable bonds is 5. The number of aryl methyl sites for hydroxylation is 2. The van der Waals surface area contributed by atoms with Crippen molar-refractivity contribution in [2.24, 2.45) is 0 Å². The van der Waals surface area contributed by atoms with Crippen LogP contribution in [-0.4, -0.2) is 35.0 Å². The normalized spacial score (nSPS) is 10.4. The molecule has 23 heavy (non-hydrogen) atoms. The SMILES string of the molecule is Cc1nc(C)c(CC(=O)NCc2ccnc(N(C)C)c2)c(=O)[nH]1. The van der Waals surface area contributed by atoms with Crippen LogP contribution in [0.4, 0.5) is 5.82 Å². The van der Waals surface area contributed by atoms with E-state index in [0.717, 1.165) is 11.4 Å². The molecule has 2 rings (SSSR count). The highest BCUT2D eigenvalue weighted by molar-refractivity contribution is 5.78. The number of carbonyl (C=O) groups is 1. The highest BCUT2D eigenvalue weighted by Crippen LogP contribution is 2.09. The molecule has 0 aliphatic rings. The van der Waals surface area contributed by atoms with Crippen molar-refractivity contribution < 1.29 is 4.79 Å². The summed E-state index contributed by atoms with van der Waals surface area (Å²) in [5, 5.41) is 2.82. The van der Waals surface area contributed by atoms with Crippen molar-refractivity contribution in [3.8, 4) is 0 Å². The van der Waals surface area contributed by atoms with Crippen molar-refractivity contribution in [1.29, 1.82) is 0 Å². The van der Waals surface area contributed by atoms with Crippen molar-refractivity contribution in [1.82, 2.24) is 20.3 Å². The Hall–Kier alpha value is -2.70. The van der Waals surface area contributed by atoms with E-state index < -0.39 is 0 Å². The van der Waals surface area contributed by atoms with Gasteiger partial charge in [0.2, 0.25) is 5.91 Å². The molecular weight excluding hydrogens is 294 g/mol. The Morgan fingerprint density at radius 1 is 1.35 bits per heavy atom. The molecular formula is C16H21N5O2. The van der Waals surface area contributed by atoms with Crippen molar-refractivity contribution in [3.63, 3.8) is 0 Å². The number of pyridine rings is 1. The van der Waals surface area contributed by atoms with Crippen LogP contribution >= 0.6 is 0 Å². The molecule has 122 valence electrons. The third kappa shape index (κ3) is 4.38. The van der Waals surface area contributed by atoms with Crippen LogP contribution in [0.1, 0.15) is 22.6 Å². The lowest BCUT2D eigenvalue weighted by Crippen LogP contribution is -2.29. The van der Waals surface area contributed by atoms with Gasteiger partial charge in [-0.3, -0.25) is 9.59 Å². The Morgan fingerprint density at radius 3 is 2.74 bits per heavy atom. The van der Waals surface area contributed by atoms with Crippen molar-refractivity contribution in [3.05, 3.63) is 51.3 Å². The number of nitrogens with one attached hydrogen (secondary N) is 2. The summed E-state index contributed by atoms with van der Waals surface area (Å²) in [7, 11) is 3.81. The zero-order valence-electron chi connectivity index (χ0n) is 13.8. The molecule has 0 radical (unpaired) electrons. The summed E-state index contributed by atoms with van der Waals surface area (Å²) in [5.41, 5.74) is 1.67. The second-order valence-corrected chi connectivity index (χ2v) is 5.59. The van der Waals surface area contributed by atoms with Gasteiger partial charge in [0.25, 0.3) is 5.56 Å². The Bertz CT molecular complexity index is 767. The monoisotopic (exact) mass is 315 g/mol. The Morgan fingerprint density at radius 2 is 2.09 bits per heavy atom. The Kier molecular flexibility index (Phi) is 5.10. The molecule has 7 nitrogen and oxygen atoms in total. The van der Waals surface area contributed by atoms with Crippen LogP contribution in [0, 0.1) is 13.8 Å². The lowest BCUT2D eigenvalue weighted by molar-refractivity contribution is -0.120. The summed E-state index contributed by atoms with van der Waals surface area (Å²) >= 11 is 0. The van der Waals surface area contributed by atoms with E-state index in [1.165, 1.54) is 0 Å². The maximum absolute atomic E-state index is 12.1. The first kappa shape index (κ1) is 16.7. The third-order valence-electron chi connectivity index (χ3n) is 3.44. The molecule has 0 aliphatic carbocycles. The molecule has 0 spiro atoms. The molecule has 0 unspecified atom stereocenters. The highest BCUT2D eigenvalue weighted by Gasteiger charge is 2.11. The topological polar surface area (TPSA) is 91.0 Å². The zero-order chi connectivity index (χ0) is 17.0. The number of hydrogen-bond acceptors (Lipinski definition) is 5.